The molecule has 1 atom stereocenters. The number of anilines is 1. The molecule has 3 rings (SSSR count). The van der Waals surface area contributed by atoms with Gasteiger partial charge >= 0.3 is 10.2 Å². The highest BCUT2D eigenvalue weighted by molar-refractivity contribution is 7.90. The van der Waals surface area contributed by atoms with Gasteiger partial charge in [0, 0.05) is 23.8 Å². The number of rotatable bonds is 4. The highest BCUT2D eigenvalue weighted by atomic mass is 32.2. The molecule has 2 heterocycles. The average molecular weight is 308 g/mol. The van der Waals surface area contributed by atoms with Crippen molar-refractivity contribution in [3.8, 4) is 11.4 Å². The van der Waals surface area contributed by atoms with Crippen molar-refractivity contribution in [1.29, 1.82) is 0 Å². The monoisotopic (exact) mass is 308 g/mol. The summed E-state index contributed by atoms with van der Waals surface area (Å²) in [6.07, 6.45) is 3.05. The van der Waals surface area contributed by atoms with Gasteiger partial charge in [-0.15, -0.1) is 0 Å². The molecule has 0 spiro atoms. The van der Waals surface area contributed by atoms with E-state index >= 15 is 0 Å². The molecule has 112 valence electrons. The van der Waals surface area contributed by atoms with Crippen LogP contribution in [-0.2, 0) is 10.2 Å². The van der Waals surface area contributed by atoms with Crippen molar-refractivity contribution in [3.63, 3.8) is 0 Å². The molecule has 1 aromatic heterocycles. The van der Waals surface area contributed by atoms with Gasteiger partial charge < -0.3 is 4.52 Å². The predicted molar refractivity (Wildman–Crippen MR) is 77.7 cm³/mol. The van der Waals surface area contributed by atoms with Gasteiger partial charge in [0.15, 0.2) is 0 Å². The molecule has 0 amide bonds. The van der Waals surface area contributed by atoms with E-state index in [-0.39, 0.29) is 6.04 Å². The van der Waals surface area contributed by atoms with Gasteiger partial charge in [-0.25, -0.2) is 0 Å². The third-order valence-electron chi connectivity index (χ3n) is 3.55. The first-order valence-corrected chi connectivity index (χ1v) is 8.17. The number of nitrogens with zero attached hydrogens (tertiary/aromatic N) is 3. The van der Waals surface area contributed by atoms with E-state index in [1.807, 2.05) is 6.92 Å². The zero-order valence-electron chi connectivity index (χ0n) is 11.6. The van der Waals surface area contributed by atoms with Crippen LogP contribution in [0.1, 0.15) is 19.8 Å². The van der Waals surface area contributed by atoms with E-state index in [1.54, 1.807) is 24.3 Å². The summed E-state index contributed by atoms with van der Waals surface area (Å²) in [6.45, 7) is 2.49. The van der Waals surface area contributed by atoms with E-state index in [1.165, 1.54) is 10.7 Å². The summed E-state index contributed by atoms with van der Waals surface area (Å²) in [5.74, 6) is 0.470. The van der Waals surface area contributed by atoms with Gasteiger partial charge in [0.2, 0.25) is 12.2 Å². The van der Waals surface area contributed by atoms with Crippen LogP contribution in [-0.4, -0.2) is 35.5 Å². The first-order chi connectivity index (χ1) is 10.1. The van der Waals surface area contributed by atoms with Gasteiger partial charge in [-0.3, -0.25) is 4.72 Å². The second-order valence-electron chi connectivity index (χ2n) is 5.04. The Kier molecular flexibility index (Phi) is 3.64. The van der Waals surface area contributed by atoms with Gasteiger partial charge in [-0.1, -0.05) is 5.16 Å². The Morgan fingerprint density at radius 3 is 2.67 bits per heavy atom. The molecule has 0 aliphatic carbocycles. The Hall–Kier alpha value is -1.93. The normalized spacial score (nSPS) is 19.8. The lowest BCUT2D eigenvalue weighted by atomic mass is 10.2. The molecule has 0 radical (unpaired) electrons. The fourth-order valence-electron chi connectivity index (χ4n) is 2.46. The van der Waals surface area contributed by atoms with Crippen LogP contribution < -0.4 is 4.72 Å². The minimum Gasteiger partial charge on any atom is -0.342 e. The van der Waals surface area contributed by atoms with Gasteiger partial charge in [-0.2, -0.15) is 17.7 Å². The molecule has 1 aliphatic rings. The minimum absolute atomic E-state index is 0.0427. The molecule has 1 saturated heterocycles. The van der Waals surface area contributed by atoms with Crippen molar-refractivity contribution in [2.24, 2.45) is 0 Å². The maximum absolute atomic E-state index is 12.3. The standard InChI is InChI=1S/C13H16N4O3S/c1-10-3-2-8-17(10)21(18,19)16-12-6-4-11(5-7-12)13-14-9-20-15-13/h4-7,9-10,16H,2-3,8H2,1H3. The number of hydrogen-bond acceptors (Lipinski definition) is 5. The van der Waals surface area contributed by atoms with E-state index in [2.05, 4.69) is 19.4 Å². The lowest BCUT2D eigenvalue weighted by Crippen LogP contribution is -2.37. The Morgan fingerprint density at radius 2 is 2.10 bits per heavy atom. The first kappa shape index (κ1) is 14.0. The molecule has 1 aliphatic heterocycles. The maximum atomic E-state index is 12.3. The highest BCUT2D eigenvalue weighted by Crippen LogP contribution is 2.23. The van der Waals surface area contributed by atoms with Gasteiger partial charge in [0.25, 0.3) is 0 Å². The van der Waals surface area contributed by atoms with E-state index in [0.717, 1.165) is 18.4 Å². The fourth-order valence-corrected chi connectivity index (χ4v) is 3.96. The molecule has 7 nitrogen and oxygen atoms in total. The number of hydrogen-bond donors (Lipinski definition) is 1. The molecule has 21 heavy (non-hydrogen) atoms. The molecule has 1 fully saturated rings. The van der Waals surface area contributed by atoms with Crippen LogP contribution in [0.15, 0.2) is 35.2 Å². The highest BCUT2D eigenvalue weighted by Gasteiger charge is 2.31. The van der Waals surface area contributed by atoms with Crippen LogP contribution in [0.3, 0.4) is 0 Å². The smallest absolute Gasteiger partial charge is 0.301 e. The molecule has 1 unspecified atom stereocenters. The van der Waals surface area contributed by atoms with E-state index in [9.17, 15) is 8.42 Å². The summed E-state index contributed by atoms with van der Waals surface area (Å²) in [4.78, 5) is 3.94. The molecule has 0 saturated carbocycles. The van der Waals surface area contributed by atoms with Gasteiger partial charge in [0.05, 0.1) is 0 Å². The van der Waals surface area contributed by atoms with E-state index in [0.29, 0.717) is 18.1 Å². The maximum Gasteiger partial charge on any atom is 0.301 e. The first-order valence-electron chi connectivity index (χ1n) is 6.73. The Labute approximate surface area is 123 Å². The summed E-state index contributed by atoms with van der Waals surface area (Å²) in [6, 6.07) is 6.90. The van der Waals surface area contributed by atoms with Crippen molar-refractivity contribution in [1.82, 2.24) is 14.4 Å². The fraction of sp³-hybridized carbons (Fsp3) is 0.385. The number of aromatic nitrogens is 2. The second-order valence-corrected chi connectivity index (χ2v) is 6.66. The van der Waals surface area contributed by atoms with Crippen molar-refractivity contribution < 1.29 is 12.9 Å². The quantitative estimate of drug-likeness (QED) is 0.931. The molecule has 1 aromatic carbocycles. The minimum atomic E-state index is -3.50. The molecule has 8 heteroatoms. The second kappa shape index (κ2) is 5.45. The van der Waals surface area contributed by atoms with E-state index < -0.39 is 10.2 Å². The summed E-state index contributed by atoms with van der Waals surface area (Å²) in [7, 11) is -3.50. The summed E-state index contributed by atoms with van der Waals surface area (Å²) in [5, 5.41) is 3.73. The van der Waals surface area contributed by atoms with Crippen LogP contribution in [0.4, 0.5) is 5.69 Å². The average Bonchev–Trinajstić information content (AvgIpc) is 3.10. The number of nitrogens with one attached hydrogen (secondary N) is 1. The van der Waals surface area contributed by atoms with Crippen LogP contribution in [0.5, 0.6) is 0 Å². The molecular formula is C13H16N4O3S. The van der Waals surface area contributed by atoms with Crippen LogP contribution in [0.2, 0.25) is 0 Å². The van der Waals surface area contributed by atoms with Crippen LogP contribution in [0.25, 0.3) is 11.4 Å². The molecule has 1 N–H and O–H groups in total. The molecule has 2 aromatic rings. The topological polar surface area (TPSA) is 88.3 Å². The largest absolute Gasteiger partial charge is 0.342 e. The number of benzene rings is 1. The van der Waals surface area contributed by atoms with Gasteiger partial charge in [-0.05, 0) is 44.0 Å². The summed E-state index contributed by atoms with van der Waals surface area (Å²) in [5.41, 5.74) is 1.28. The molecule has 0 bridgehead atoms. The summed E-state index contributed by atoms with van der Waals surface area (Å²) >= 11 is 0. The van der Waals surface area contributed by atoms with Crippen LogP contribution >= 0.6 is 0 Å². The third-order valence-corrected chi connectivity index (χ3v) is 5.21. The Morgan fingerprint density at radius 1 is 1.33 bits per heavy atom. The lowest BCUT2D eigenvalue weighted by molar-refractivity contribution is 0.412. The predicted octanol–water partition coefficient (Wildman–Crippen LogP) is 1.88. The van der Waals surface area contributed by atoms with Crippen molar-refractivity contribution in [2.75, 3.05) is 11.3 Å². The zero-order chi connectivity index (χ0) is 14.9. The Balaban J connectivity index is 1.76. The SMILES string of the molecule is CC1CCCN1S(=O)(=O)Nc1ccc(-c2ncon2)cc1. The summed E-state index contributed by atoms with van der Waals surface area (Å²) < 4.78 is 33.4. The van der Waals surface area contributed by atoms with Crippen molar-refractivity contribution >= 4 is 15.9 Å². The van der Waals surface area contributed by atoms with E-state index in [4.69, 9.17) is 0 Å². The zero-order valence-corrected chi connectivity index (χ0v) is 12.4. The van der Waals surface area contributed by atoms with Crippen molar-refractivity contribution in [2.45, 2.75) is 25.8 Å². The lowest BCUT2D eigenvalue weighted by Gasteiger charge is -2.21. The third kappa shape index (κ3) is 2.91. The van der Waals surface area contributed by atoms with Crippen molar-refractivity contribution in [3.05, 3.63) is 30.7 Å². The Bertz CT molecular complexity index is 698. The van der Waals surface area contributed by atoms with Gasteiger partial charge in [0.1, 0.15) is 0 Å². The molecular weight excluding hydrogens is 292 g/mol. The van der Waals surface area contributed by atoms with Crippen LogP contribution in [0, 0.1) is 0 Å².